The van der Waals surface area contributed by atoms with E-state index in [0.717, 1.165) is 68.5 Å². The first-order chi connectivity index (χ1) is 15.7. The van der Waals surface area contributed by atoms with Crippen molar-refractivity contribution in [2.24, 2.45) is 0 Å². The number of piperazine rings is 1. The molecule has 1 N–H and O–H groups in total. The first-order valence-corrected chi connectivity index (χ1v) is 11.5. The fourth-order valence-corrected chi connectivity index (χ4v) is 4.87. The van der Waals surface area contributed by atoms with Crippen LogP contribution in [-0.4, -0.2) is 60.3 Å². The highest BCUT2D eigenvalue weighted by atomic mass is 16.5. The molecule has 0 spiro atoms. The quantitative estimate of drug-likeness (QED) is 0.577. The molecule has 6 heteroatoms. The molecule has 168 valence electrons. The van der Waals surface area contributed by atoms with Gasteiger partial charge in [0.25, 0.3) is 0 Å². The van der Waals surface area contributed by atoms with Gasteiger partial charge in [-0.05, 0) is 42.5 Å². The maximum absolute atomic E-state index is 12.2. The van der Waals surface area contributed by atoms with Gasteiger partial charge in [-0.2, -0.15) is 0 Å². The summed E-state index contributed by atoms with van der Waals surface area (Å²) in [6.07, 6.45) is 2.16. The molecule has 1 fully saturated rings. The average Bonchev–Trinajstić information content (AvgIpc) is 3.31. The van der Waals surface area contributed by atoms with E-state index in [4.69, 9.17) is 9.15 Å². The second-order valence-corrected chi connectivity index (χ2v) is 8.89. The summed E-state index contributed by atoms with van der Waals surface area (Å²) < 4.78 is 11.3. The number of β-amino-alcohol motifs (C(OH)–C–C–N with tert-alkyl or cyclic N) is 1. The fourth-order valence-electron chi connectivity index (χ4n) is 4.87. The Bertz CT molecular complexity index is 1120. The van der Waals surface area contributed by atoms with Gasteiger partial charge < -0.3 is 14.3 Å². The molecule has 1 aromatic heterocycles. The standard InChI is InChI=1S/C26H30N2O4/c29-20(17-28-13-11-27(12-14-28)16-19-5-2-1-3-6-19)18-31-21-9-10-23-22-7-4-8-24(22)26(30)32-25(23)15-21/h1-3,5-6,9-10,15,20,29H,4,7-8,11-14,16-18H2/t20-/m1/s1. The van der Waals surface area contributed by atoms with Gasteiger partial charge in [0.1, 0.15) is 24.0 Å². The van der Waals surface area contributed by atoms with E-state index < -0.39 is 6.10 Å². The third-order valence-electron chi connectivity index (χ3n) is 6.57. The van der Waals surface area contributed by atoms with Crippen LogP contribution >= 0.6 is 0 Å². The molecule has 0 radical (unpaired) electrons. The number of rotatable bonds is 7. The number of benzene rings is 2. The van der Waals surface area contributed by atoms with Crippen molar-refractivity contribution in [1.29, 1.82) is 0 Å². The molecule has 0 amide bonds. The molecule has 1 aliphatic heterocycles. The summed E-state index contributed by atoms with van der Waals surface area (Å²) >= 11 is 0. The molecular weight excluding hydrogens is 404 g/mol. The van der Waals surface area contributed by atoms with Gasteiger partial charge in [0, 0.05) is 56.3 Å². The highest BCUT2D eigenvalue weighted by molar-refractivity contribution is 5.83. The third-order valence-corrected chi connectivity index (χ3v) is 6.57. The zero-order chi connectivity index (χ0) is 21.9. The maximum Gasteiger partial charge on any atom is 0.339 e. The molecule has 3 aromatic rings. The summed E-state index contributed by atoms with van der Waals surface area (Å²) in [5, 5.41) is 11.5. The van der Waals surface area contributed by atoms with Gasteiger partial charge in [0.15, 0.2) is 0 Å². The van der Waals surface area contributed by atoms with Crippen LogP contribution < -0.4 is 10.4 Å². The highest BCUT2D eigenvalue weighted by Crippen LogP contribution is 2.29. The summed E-state index contributed by atoms with van der Waals surface area (Å²) in [6.45, 7) is 5.65. The predicted molar refractivity (Wildman–Crippen MR) is 124 cm³/mol. The Morgan fingerprint density at radius 1 is 0.969 bits per heavy atom. The lowest BCUT2D eigenvalue weighted by Crippen LogP contribution is -2.48. The Morgan fingerprint density at radius 2 is 1.72 bits per heavy atom. The van der Waals surface area contributed by atoms with Gasteiger partial charge in [-0.15, -0.1) is 0 Å². The van der Waals surface area contributed by atoms with Crippen LogP contribution in [0.5, 0.6) is 5.75 Å². The largest absolute Gasteiger partial charge is 0.491 e. The van der Waals surface area contributed by atoms with Crippen LogP contribution in [0.4, 0.5) is 0 Å². The number of aryl methyl sites for hydroxylation is 1. The van der Waals surface area contributed by atoms with E-state index >= 15 is 0 Å². The summed E-state index contributed by atoms with van der Waals surface area (Å²) in [5.41, 5.74) is 3.62. The molecule has 0 bridgehead atoms. The minimum Gasteiger partial charge on any atom is -0.491 e. The van der Waals surface area contributed by atoms with Gasteiger partial charge in [0.2, 0.25) is 0 Å². The summed E-state index contributed by atoms with van der Waals surface area (Å²) in [6, 6.07) is 16.2. The number of fused-ring (bicyclic) bond motifs is 3. The topological polar surface area (TPSA) is 66.2 Å². The fraction of sp³-hybridized carbons (Fsp3) is 0.423. The van der Waals surface area contributed by atoms with Crippen LogP contribution in [-0.2, 0) is 19.4 Å². The van der Waals surface area contributed by atoms with Crippen LogP contribution in [0.3, 0.4) is 0 Å². The van der Waals surface area contributed by atoms with E-state index in [1.807, 2.05) is 18.2 Å². The average molecular weight is 435 g/mol. The minimum atomic E-state index is -0.571. The Kier molecular flexibility index (Phi) is 6.26. The smallest absolute Gasteiger partial charge is 0.339 e. The van der Waals surface area contributed by atoms with Crippen LogP contribution in [0.1, 0.15) is 23.1 Å². The summed E-state index contributed by atoms with van der Waals surface area (Å²) in [7, 11) is 0. The molecule has 1 saturated heterocycles. The van der Waals surface area contributed by atoms with E-state index in [1.165, 1.54) is 5.56 Å². The Balaban J connectivity index is 1.11. The van der Waals surface area contributed by atoms with Gasteiger partial charge in [-0.1, -0.05) is 30.3 Å². The van der Waals surface area contributed by atoms with E-state index in [9.17, 15) is 9.90 Å². The number of nitrogens with zero attached hydrogens (tertiary/aromatic N) is 2. The molecule has 2 aromatic carbocycles. The lowest BCUT2D eigenvalue weighted by molar-refractivity contribution is 0.0446. The molecular formula is C26H30N2O4. The summed E-state index contributed by atoms with van der Waals surface area (Å²) in [4.78, 5) is 16.9. The van der Waals surface area contributed by atoms with E-state index in [0.29, 0.717) is 17.9 Å². The molecule has 2 heterocycles. The molecule has 32 heavy (non-hydrogen) atoms. The van der Waals surface area contributed by atoms with Crippen molar-refractivity contribution in [3.05, 3.63) is 75.6 Å². The number of aliphatic hydroxyl groups is 1. The van der Waals surface area contributed by atoms with Crippen molar-refractivity contribution >= 4 is 11.0 Å². The van der Waals surface area contributed by atoms with Crippen LogP contribution in [0, 0.1) is 0 Å². The van der Waals surface area contributed by atoms with Crippen molar-refractivity contribution in [3.63, 3.8) is 0 Å². The van der Waals surface area contributed by atoms with Gasteiger partial charge >= 0.3 is 5.63 Å². The molecule has 1 atom stereocenters. The second kappa shape index (κ2) is 9.45. The van der Waals surface area contributed by atoms with Crippen LogP contribution in [0.25, 0.3) is 11.0 Å². The van der Waals surface area contributed by atoms with Gasteiger partial charge in [-0.3, -0.25) is 9.80 Å². The SMILES string of the molecule is O=c1oc2cc(OC[C@H](O)CN3CCN(Cc4ccccc4)CC3)ccc2c2c1CCC2. The van der Waals surface area contributed by atoms with E-state index in [2.05, 4.69) is 34.1 Å². The predicted octanol–water partition coefficient (Wildman–Crippen LogP) is 2.84. The monoisotopic (exact) mass is 434 g/mol. The number of hydrogen-bond acceptors (Lipinski definition) is 6. The molecule has 5 rings (SSSR count). The van der Waals surface area contributed by atoms with Crippen molar-refractivity contribution < 1.29 is 14.3 Å². The van der Waals surface area contributed by atoms with E-state index in [1.54, 1.807) is 6.07 Å². The number of hydrogen-bond donors (Lipinski definition) is 1. The normalized spacial score (nSPS) is 18.0. The van der Waals surface area contributed by atoms with Gasteiger partial charge in [0.05, 0.1) is 0 Å². The molecule has 1 aliphatic carbocycles. The highest BCUT2D eigenvalue weighted by Gasteiger charge is 2.21. The van der Waals surface area contributed by atoms with Crippen LogP contribution in [0.2, 0.25) is 0 Å². The maximum atomic E-state index is 12.2. The first-order valence-electron chi connectivity index (χ1n) is 11.5. The van der Waals surface area contributed by atoms with Gasteiger partial charge in [-0.25, -0.2) is 4.79 Å². The lowest BCUT2D eigenvalue weighted by atomic mass is 10.1. The number of ether oxygens (including phenoxy) is 1. The number of aliphatic hydroxyl groups excluding tert-OH is 1. The Morgan fingerprint density at radius 3 is 2.53 bits per heavy atom. The first kappa shape index (κ1) is 21.2. The van der Waals surface area contributed by atoms with E-state index in [-0.39, 0.29) is 12.2 Å². The molecule has 2 aliphatic rings. The lowest BCUT2D eigenvalue weighted by Gasteiger charge is -2.35. The zero-order valence-corrected chi connectivity index (χ0v) is 18.3. The molecule has 0 unspecified atom stereocenters. The Labute approximate surface area is 188 Å². The van der Waals surface area contributed by atoms with Crippen LogP contribution in [0.15, 0.2) is 57.7 Å². The van der Waals surface area contributed by atoms with Crippen molar-refractivity contribution in [1.82, 2.24) is 9.80 Å². The minimum absolute atomic E-state index is 0.213. The summed E-state index contributed by atoms with van der Waals surface area (Å²) in [5.74, 6) is 0.616. The van der Waals surface area contributed by atoms with Crippen molar-refractivity contribution in [3.8, 4) is 5.75 Å². The Hall–Kier alpha value is -2.67. The zero-order valence-electron chi connectivity index (χ0n) is 18.3. The second-order valence-electron chi connectivity index (χ2n) is 8.89. The van der Waals surface area contributed by atoms with Crippen molar-refractivity contribution in [2.75, 3.05) is 39.3 Å². The molecule has 0 saturated carbocycles. The van der Waals surface area contributed by atoms with Crippen molar-refractivity contribution in [2.45, 2.75) is 31.9 Å². The molecule has 6 nitrogen and oxygen atoms in total. The third kappa shape index (κ3) is 4.72.